The standard InChI is InChI=1S/C41H46O22/c42-13-26-30(49)33(52)36(55)39(60-26)58-24-11-19(45)10-23-20(24)12-25(37(57-23)17-4-7-21(46)22(47)9-17)59-41-38(63-40-35(54)31(50)27(14-43)61-40)34(53)32(51)28(62-41)15-56-29(48)8-3-16-1-5-18(44)6-2-16/h1-12,26-28,30-47,49-55H,13-15H2/b8-3-/t26-,27-,28-,30-,31+,32-,33+,34+,35-,36-,37?,38-,39-,40+,41-/m1/s1. The first-order valence-electron chi connectivity index (χ1n) is 19.4. The smallest absolute Gasteiger partial charge is 0.330 e. The lowest BCUT2D eigenvalue weighted by atomic mass is 9.98. The number of hydrogen-bond donors (Lipinski definition) is 13. The van der Waals surface area contributed by atoms with Crippen LogP contribution in [0, 0.1) is 0 Å². The zero-order valence-corrected chi connectivity index (χ0v) is 32.7. The molecule has 0 aliphatic carbocycles. The molecule has 4 aliphatic heterocycles. The lowest BCUT2D eigenvalue weighted by Gasteiger charge is -2.43. The van der Waals surface area contributed by atoms with Gasteiger partial charge in [-0.2, -0.15) is 0 Å². The fourth-order valence-corrected chi connectivity index (χ4v) is 7.16. The van der Waals surface area contributed by atoms with Crippen LogP contribution in [-0.2, 0) is 33.2 Å². The number of fused-ring (bicyclic) bond motifs is 1. The van der Waals surface area contributed by atoms with Gasteiger partial charge in [0.1, 0.15) is 96.4 Å². The third-order valence-corrected chi connectivity index (χ3v) is 10.7. The van der Waals surface area contributed by atoms with Crippen molar-refractivity contribution in [1.82, 2.24) is 0 Å². The van der Waals surface area contributed by atoms with Crippen LogP contribution >= 0.6 is 0 Å². The van der Waals surface area contributed by atoms with Crippen molar-refractivity contribution in [1.29, 1.82) is 0 Å². The maximum absolute atomic E-state index is 12.7. The molecule has 3 saturated heterocycles. The van der Waals surface area contributed by atoms with E-state index in [0.29, 0.717) is 5.56 Å². The Bertz CT molecular complexity index is 2130. The molecule has 0 spiro atoms. The maximum atomic E-state index is 12.7. The van der Waals surface area contributed by atoms with Gasteiger partial charge in [0.2, 0.25) is 12.6 Å². The summed E-state index contributed by atoms with van der Waals surface area (Å²) in [7, 11) is 0. The first-order chi connectivity index (χ1) is 30.1. The van der Waals surface area contributed by atoms with E-state index in [-0.39, 0.29) is 34.1 Å². The molecule has 7 rings (SSSR count). The molecule has 15 atom stereocenters. The number of esters is 1. The lowest BCUT2D eigenvalue weighted by Crippen LogP contribution is -2.61. The first kappa shape index (κ1) is 45.7. The van der Waals surface area contributed by atoms with Gasteiger partial charge in [0.25, 0.3) is 0 Å². The second-order valence-electron chi connectivity index (χ2n) is 15.0. The van der Waals surface area contributed by atoms with Crippen LogP contribution in [0.4, 0.5) is 0 Å². The highest BCUT2D eigenvalue weighted by Gasteiger charge is 2.52. The molecule has 22 heteroatoms. The summed E-state index contributed by atoms with van der Waals surface area (Å²) in [5.74, 6) is -3.13. The molecule has 3 fully saturated rings. The molecule has 0 bridgehead atoms. The van der Waals surface area contributed by atoms with Gasteiger partial charge < -0.3 is 104 Å². The van der Waals surface area contributed by atoms with Gasteiger partial charge in [-0.05, 0) is 42.0 Å². The minimum atomic E-state index is -1.99. The van der Waals surface area contributed by atoms with Gasteiger partial charge in [-0.3, -0.25) is 0 Å². The van der Waals surface area contributed by atoms with Crippen molar-refractivity contribution in [2.75, 3.05) is 19.8 Å². The van der Waals surface area contributed by atoms with Gasteiger partial charge in [-0.1, -0.05) is 18.2 Å². The Morgan fingerprint density at radius 3 is 1.95 bits per heavy atom. The van der Waals surface area contributed by atoms with Crippen LogP contribution in [0.5, 0.6) is 34.5 Å². The molecular formula is C41H46O22. The van der Waals surface area contributed by atoms with Gasteiger partial charge in [0.15, 0.2) is 30.0 Å². The summed E-state index contributed by atoms with van der Waals surface area (Å²) >= 11 is 0. The molecule has 63 heavy (non-hydrogen) atoms. The summed E-state index contributed by atoms with van der Waals surface area (Å²) in [6.45, 7) is -2.22. The van der Waals surface area contributed by atoms with Crippen molar-refractivity contribution in [2.45, 2.75) is 92.1 Å². The van der Waals surface area contributed by atoms with Crippen LogP contribution in [0.3, 0.4) is 0 Å². The predicted molar refractivity (Wildman–Crippen MR) is 206 cm³/mol. The summed E-state index contributed by atoms with van der Waals surface area (Å²) in [5.41, 5.74) is 0.595. The highest BCUT2D eigenvalue weighted by molar-refractivity contribution is 5.87. The van der Waals surface area contributed by atoms with Gasteiger partial charge in [0.05, 0.1) is 18.8 Å². The van der Waals surface area contributed by atoms with Crippen molar-refractivity contribution in [3.05, 3.63) is 83.1 Å². The number of aliphatic hydroxyl groups is 9. The van der Waals surface area contributed by atoms with Crippen molar-refractivity contribution in [3.8, 4) is 34.5 Å². The van der Waals surface area contributed by atoms with Gasteiger partial charge in [-0.25, -0.2) is 4.79 Å². The van der Waals surface area contributed by atoms with Crippen LogP contribution < -0.4 is 9.47 Å². The highest BCUT2D eigenvalue weighted by atomic mass is 16.8. The van der Waals surface area contributed by atoms with Crippen LogP contribution in [0.2, 0.25) is 0 Å². The van der Waals surface area contributed by atoms with E-state index in [1.54, 1.807) is 0 Å². The Balaban J connectivity index is 1.23. The molecule has 4 heterocycles. The molecule has 0 saturated carbocycles. The number of phenolic OH excluding ortho intramolecular Hbond substituents is 4. The Labute approximate surface area is 356 Å². The van der Waals surface area contributed by atoms with E-state index in [9.17, 15) is 71.2 Å². The average Bonchev–Trinajstić information content (AvgIpc) is 3.54. The molecule has 342 valence electrons. The van der Waals surface area contributed by atoms with E-state index < -0.39 is 135 Å². The first-order valence-corrected chi connectivity index (χ1v) is 19.4. The minimum Gasteiger partial charge on any atom is -0.508 e. The Kier molecular flexibility index (Phi) is 13.9. The predicted octanol–water partition coefficient (Wildman–Crippen LogP) is -2.29. The topological polar surface area (TPSA) is 354 Å². The van der Waals surface area contributed by atoms with Crippen molar-refractivity contribution < 1.29 is 109 Å². The molecule has 0 aromatic heterocycles. The molecule has 4 aliphatic rings. The fraction of sp³-hybridized carbons (Fsp3) is 0.439. The summed E-state index contributed by atoms with van der Waals surface area (Å²) in [6.07, 6.45) is -21.9. The van der Waals surface area contributed by atoms with E-state index in [4.69, 9.17) is 37.9 Å². The monoisotopic (exact) mass is 890 g/mol. The number of hydrogen-bond acceptors (Lipinski definition) is 22. The molecule has 22 nitrogen and oxygen atoms in total. The van der Waals surface area contributed by atoms with E-state index >= 15 is 0 Å². The Morgan fingerprint density at radius 2 is 1.27 bits per heavy atom. The number of aliphatic hydroxyl groups excluding tert-OH is 9. The molecule has 1 unspecified atom stereocenters. The SMILES string of the molecule is O=C(/C=C\c1ccc(O)cc1)OC[C@H]1O[C@@H](OC2=Cc3c(cc(O)cc3O[C@@H]3O[C@H](CO)[C@@H](O)[C@H](O)[C@H]3O)OC2c2ccc(O)c(O)c2)[C@H](O[C@@H]2O[C@H](CO)[C@H](O)[C@H]2O)[C@@H](O)[C@@H]1O. The second kappa shape index (κ2) is 19.2. The maximum Gasteiger partial charge on any atom is 0.330 e. The summed E-state index contributed by atoms with van der Waals surface area (Å²) < 4.78 is 46.6. The normalized spacial score (nSPS) is 34.2. The van der Waals surface area contributed by atoms with Crippen LogP contribution in [0.1, 0.15) is 22.8 Å². The number of phenols is 4. The fourth-order valence-electron chi connectivity index (χ4n) is 7.16. The van der Waals surface area contributed by atoms with Crippen molar-refractivity contribution in [2.24, 2.45) is 0 Å². The largest absolute Gasteiger partial charge is 0.508 e. The molecule has 13 N–H and O–H groups in total. The van der Waals surface area contributed by atoms with Crippen LogP contribution in [0.15, 0.2) is 66.4 Å². The van der Waals surface area contributed by atoms with E-state index in [2.05, 4.69) is 0 Å². The van der Waals surface area contributed by atoms with Crippen molar-refractivity contribution >= 4 is 18.1 Å². The van der Waals surface area contributed by atoms with E-state index in [0.717, 1.165) is 30.3 Å². The van der Waals surface area contributed by atoms with Crippen LogP contribution in [-0.4, -0.2) is 178 Å². The minimum absolute atomic E-state index is 0.00242. The summed E-state index contributed by atoms with van der Waals surface area (Å²) in [5, 5.41) is 136. The van der Waals surface area contributed by atoms with Gasteiger partial charge in [-0.15, -0.1) is 0 Å². The molecule has 3 aromatic carbocycles. The number of rotatable bonds is 13. The molecule has 0 amide bonds. The number of benzene rings is 3. The number of carbonyl (C=O) groups is 1. The number of aromatic hydroxyl groups is 4. The average molecular weight is 891 g/mol. The number of ether oxygens (including phenoxy) is 8. The van der Waals surface area contributed by atoms with Gasteiger partial charge in [0, 0.05) is 23.8 Å². The Hall–Kier alpha value is -5.31. The molecule has 3 aromatic rings. The summed E-state index contributed by atoms with van der Waals surface area (Å²) in [4.78, 5) is 12.7. The summed E-state index contributed by atoms with van der Waals surface area (Å²) in [6, 6.07) is 11.6. The quantitative estimate of drug-likeness (QED) is 0.0488. The third-order valence-electron chi connectivity index (χ3n) is 10.7. The zero-order valence-electron chi connectivity index (χ0n) is 32.7. The lowest BCUT2D eigenvalue weighted by molar-refractivity contribution is -0.332. The highest BCUT2D eigenvalue weighted by Crippen LogP contribution is 2.47. The number of carbonyl (C=O) groups excluding carboxylic acids is 1. The van der Waals surface area contributed by atoms with E-state index in [1.165, 1.54) is 42.5 Å². The van der Waals surface area contributed by atoms with E-state index in [1.807, 2.05) is 0 Å². The second-order valence-corrected chi connectivity index (χ2v) is 15.0. The van der Waals surface area contributed by atoms with Crippen molar-refractivity contribution in [3.63, 3.8) is 0 Å². The zero-order chi connectivity index (χ0) is 45.3. The molecular weight excluding hydrogens is 844 g/mol. The third kappa shape index (κ3) is 9.78. The van der Waals surface area contributed by atoms with Gasteiger partial charge >= 0.3 is 5.97 Å². The molecule has 0 radical (unpaired) electrons. The van der Waals surface area contributed by atoms with Crippen LogP contribution in [0.25, 0.3) is 12.2 Å². The Morgan fingerprint density at radius 1 is 0.635 bits per heavy atom.